The van der Waals surface area contributed by atoms with Crippen molar-refractivity contribution in [1.29, 1.82) is 0 Å². The van der Waals surface area contributed by atoms with Crippen molar-refractivity contribution < 1.29 is 23.5 Å². The van der Waals surface area contributed by atoms with E-state index in [-0.39, 0.29) is 23.2 Å². The van der Waals surface area contributed by atoms with Crippen molar-refractivity contribution in [2.75, 3.05) is 32.8 Å². The number of carbonyl (C=O) groups is 3. The molecule has 2 fully saturated rings. The predicted octanol–water partition coefficient (Wildman–Crippen LogP) is 3.13. The monoisotopic (exact) mass is 443 g/mol. The first-order valence-corrected chi connectivity index (χ1v) is 10.7. The SMILES string of the molecule is Cc1cc(/C=C2/SC(=O)N(CC(=O)N3CCOCC3)C2=O)c(C)n1-c1cccc(F)c1. The van der Waals surface area contributed by atoms with Gasteiger partial charge in [0.15, 0.2) is 0 Å². The van der Waals surface area contributed by atoms with E-state index in [0.29, 0.717) is 32.0 Å². The van der Waals surface area contributed by atoms with Crippen molar-refractivity contribution in [3.63, 3.8) is 0 Å². The Morgan fingerprint density at radius 3 is 2.65 bits per heavy atom. The van der Waals surface area contributed by atoms with Crippen LogP contribution < -0.4 is 0 Å². The van der Waals surface area contributed by atoms with Gasteiger partial charge >= 0.3 is 0 Å². The highest BCUT2D eigenvalue weighted by Crippen LogP contribution is 2.33. The first-order valence-electron chi connectivity index (χ1n) is 9.91. The average Bonchev–Trinajstić information content (AvgIpc) is 3.18. The summed E-state index contributed by atoms with van der Waals surface area (Å²) in [5.41, 5.74) is 3.13. The molecule has 0 N–H and O–H groups in total. The molecule has 3 amide bonds. The third-order valence-electron chi connectivity index (χ3n) is 5.35. The minimum atomic E-state index is -0.479. The zero-order valence-corrected chi connectivity index (χ0v) is 18.1. The largest absolute Gasteiger partial charge is 0.378 e. The topological polar surface area (TPSA) is 71.9 Å². The predicted molar refractivity (Wildman–Crippen MR) is 115 cm³/mol. The molecule has 0 bridgehead atoms. The molecule has 4 rings (SSSR count). The lowest BCUT2D eigenvalue weighted by Crippen LogP contribution is -2.46. The van der Waals surface area contributed by atoms with E-state index >= 15 is 0 Å². The van der Waals surface area contributed by atoms with Gasteiger partial charge in [0.25, 0.3) is 11.1 Å². The number of rotatable bonds is 4. The van der Waals surface area contributed by atoms with Crippen LogP contribution in [0.2, 0.25) is 0 Å². The van der Waals surface area contributed by atoms with Gasteiger partial charge in [0, 0.05) is 30.2 Å². The Kier molecular flexibility index (Phi) is 5.97. The summed E-state index contributed by atoms with van der Waals surface area (Å²) in [5, 5.41) is -0.461. The van der Waals surface area contributed by atoms with Crippen LogP contribution in [-0.4, -0.2) is 64.3 Å². The minimum Gasteiger partial charge on any atom is -0.378 e. The first-order chi connectivity index (χ1) is 14.8. The number of hydrogen-bond donors (Lipinski definition) is 0. The van der Waals surface area contributed by atoms with E-state index in [9.17, 15) is 18.8 Å². The highest BCUT2D eigenvalue weighted by Gasteiger charge is 2.37. The van der Waals surface area contributed by atoms with Gasteiger partial charge in [0.05, 0.1) is 18.1 Å². The molecule has 0 unspecified atom stereocenters. The molecule has 0 aliphatic carbocycles. The number of thioether (sulfide) groups is 1. The fourth-order valence-electron chi connectivity index (χ4n) is 3.77. The van der Waals surface area contributed by atoms with E-state index in [1.54, 1.807) is 23.1 Å². The fourth-order valence-corrected chi connectivity index (χ4v) is 4.60. The van der Waals surface area contributed by atoms with Gasteiger partial charge in [-0.15, -0.1) is 0 Å². The molecule has 0 atom stereocenters. The van der Waals surface area contributed by atoms with Crippen LogP contribution in [0, 0.1) is 19.7 Å². The number of nitrogens with zero attached hydrogens (tertiary/aromatic N) is 3. The van der Waals surface area contributed by atoms with Gasteiger partial charge in [-0.2, -0.15) is 0 Å². The number of carbonyl (C=O) groups excluding carboxylic acids is 3. The molecule has 2 aromatic rings. The van der Waals surface area contributed by atoms with Crippen LogP contribution in [-0.2, 0) is 14.3 Å². The number of halogens is 1. The summed E-state index contributed by atoms with van der Waals surface area (Å²) in [5.74, 6) is -1.08. The number of aromatic nitrogens is 1. The molecular weight excluding hydrogens is 421 g/mol. The molecule has 3 heterocycles. The summed E-state index contributed by atoms with van der Waals surface area (Å²) >= 11 is 0.821. The maximum Gasteiger partial charge on any atom is 0.294 e. The van der Waals surface area contributed by atoms with Crippen molar-refractivity contribution >= 4 is 34.9 Å². The molecule has 0 radical (unpaired) electrons. The van der Waals surface area contributed by atoms with Crippen LogP contribution in [0.4, 0.5) is 9.18 Å². The maximum atomic E-state index is 13.7. The van der Waals surface area contributed by atoms with Gasteiger partial charge in [0.2, 0.25) is 5.91 Å². The molecule has 2 aliphatic rings. The molecule has 0 spiro atoms. The van der Waals surface area contributed by atoms with Gasteiger partial charge < -0.3 is 14.2 Å². The smallest absolute Gasteiger partial charge is 0.294 e. The highest BCUT2D eigenvalue weighted by molar-refractivity contribution is 8.18. The third-order valence-corrected chi connectivity index (χ3v) is 6.26. The molecule has 2 saturated heterocycles. The van der Waals surface area contributed by atoms with Gasteiger partial charge in [-0.3, -0.25) is 19.3 Å². The van der Waals surface area contributed by atoms with Crippen molar-refractivity contribution in [3.05, 3.63) is 58.0 Å². The number of morpholine rings is 1. The summed E-state index contributed by atoms with van der Waals surface area (Å²) in [6.07, 6.45) is 1.66. The molecule has 2 aliphatic heterocycles. The van der Waals surface area contributed by atoms with Crippen LogP contribution in [0.25, 0.3) is 11.8 Å². The first kappa shape index (κ1) is 21.3. The van der Waals surface area contributed by atoms with E-state index in [0.717, 1.165) is 33.6 Å². The Balaban J connectivity index is 1.56. The summed E-state index contributed by atoms with van der Waals surface area (Å²) in [7, 11) is 0. The molecule has 162 valence electrons. The van der Waals surface area contributed by atoms with E-state index in [4.69, 9.17) is 4.74 Å². The summed E-state index contributed by atoms with van der Waals surface area (Å²) in [6, 6.07) is 8.15. The lowest BCUT2D eigenvalue weighted by Gasteiger charge is -2.28. The second-order valence-corrected chi connectivity index (χ2v) is 8.40. The Hall–Kier alpha value is -2.91. The standard InChI is InChI=1S/C22H22FN3O4S/c1-14-10-16(15(2)26(14)18-5-3-4-17(23)12-18)11-19-21(28)25(22(29)31-19)13-20(27)24-6-8-30-9-7-24/h3-5,10-12H,6-9,13H2,1-2H3/b19-11+. The lowest BCUT2D eigenvalue weighted by atomic mass is 10.2. The van der Waals surface area contributed by atoms with Crippen LogP contribution in [0.5, 0.6) is 0 Å². The Morgan fingerprint density at radius 1 is 1.19 bits per heavy atom. The van der Waals surface area contributed by atoms with E-state index in [1.807, 2.05) is 24.5 Å². The number of imide groups is 1. The molecule has 7 nitrogen and oxygen atoms in total. The zero-order valence-electron chi connectivity index (χ0n) is 17.3. The van der Waals surface area contributed by atoms with Crippen LogP contribution in [0.15, 0.2) is 35.2 Å². The van der Waals surface area contributed by atoms with Gasteiger partial charge in [-0.1, -0.05) is 6.07 Å². The van der Waals surface area contributed by atoms with Crippen LogP contribution in [0.3, 0.4) is 0 Å². The van der Waals surface area contributed by atoms with Crippen LogP contribution >= 0.6 is 11.8 Å². The van der Waals surface area contributed by atoms with Gasteiger partial charge in [0.1, 0.15) is 12.4 Å². The van der Waals surface area contributed by atoms with E-state index in [2.05, 4.69) is 0 Å². The van der Waals surface area contributed by atoms with Crippen molar-refractivity contribution in [2.45, 2.75) is 13.8 Å². The lowest BCUT2D eigenvalue weighted by molar-refractivity contribution is -0.139. The molecule has 0 saturated carbocycles. The molecular formula is C22H22FN3O4S. The Morgan fingerprint density at radius 2 is 1.94 bits per heavy atom. The summed E-state index contributed by atoms with van der Waals surface area (Å²) < 4.78 is 20.8. The van der Waals surface area contributed by atoms with Crippen LogP contribution in [0.1, 0.15) is 17.0 Å². The Bertz CT molecular complexity index is 1090. The highest BCUT2D eigenvalue weighted by atomic mass is 32.2. The van der Waals surface area contributed by atoms with Crippen molar-refractivity contribution in [3.8, 4) is 5.69 Å². The second-order valence-electron chi connectivity index (χ2n) is 7.40. The maximum absolute atomic E-state index is 13.7. The molecule has 31 heavy (non-hydrogen) atoms. The van der Waals surface area contributed by atoms with Gasteiger partial charge in [-0.05, 0) is 61.5 Å². The number of benzene rings is 1. The molecule has 1 aromatic heterocycles. The van der Waals surface area contributed by atoms with Crippen molar-refractivity contribution in [2.24, 2.45) is 0 Å². The molecule has 9 heteroatoms. The zero-order chi connectivity index (χ0) is 22.1. The average molecular weight is 444 g/mol. The number of aryl methyl sites for hydroxylation is 1. The minimum absolute atomic E-state index is 0.263. The summed E-state index contributed by atoms with van der Waals surface area (Å²) in [6.45, 7) is 5.30. The second kappa shape index (κ2) is 8.68. The van der Waals surface area contributed by atoms with E-state index < -0.39 is 11.1 Å². The number of amides is 3. The molecule has 1 aromatic carbocycles. The number of hydrogen-bond acceptors (Lipinski definition) is 5. The summed E-state index contributed by atoms with van der Waals surface area (Å²) in [4.78, 5) is 40.5. The number of ether oxygens (including phenoxy) is 1. The fraction of sp³-hybridized carbons (Fsp3) is 0.318. The Labute approximate surface area is 183 Å². The van der Waals surface area contributed by atoms with Gasteiger partial charge in [-0.25, -0.2) is 4.39 Å². The van der Waals surface area contributed by atoms with Crippen molar-refractivity contribution in [1.82, 2.24) is 14.4 Å². The van der Waals surface area contributed by atoms with E-state index in [1.165, 1.54) is 12.1 Å². The quantitative estimate of drug-likeness (QED) is 0.679. The normalized spacial score (nSPS) is 18.4. The third kappa shape index (κ3) is 4.28.